The van der Waals surface area contributed by atoms with Crippen LogP contribution in [0.3, 0.4) is 0 Å². The second kappa shape index (κ2) is 10.3. The average molecular weight is 435 g/mol. The Morgan fingerprint density at radius 1 is 1.09 bits per heavy atom. The normalized spacial score (nSPS) is 15.0. The minimum atomic E-state index is 0.188. The van der Waals surface area contributed by atoms with Crippen LogP contribution in [0.15, 0.2) is 30.6 Å². The second-order valence-electron chi connectivity index (χ2n) is 8.71. The number of carbonyl (C=O) groups is 1. The molecule has 0 amide bonds. The highest BCUT2D eigenvalue weighted by atomic mass is 16.1. The highest BCUT2D eigenvalue weighted by molar-refractivity contribution is 5.85. The van der Waals surface area contributed by atoms with Crippen molar-refractivity contribution in [1.29, 1.82) is 0 Å². The molecule has 1 aliphatic heterocycles. The van der Waals surface area contributed by atoms with E-state index in [0.717, 1.165) is 60.6 Å². The van der Waals surface area contributed by atoms with E-state index < -0.39 is 0 Å². The van der Waals surface area contributed by atoms with Gasteiger partial charge in [-0.25, -0.2) is 4.98 Å². The van der Waals surface area contributed by atoms with Crippen LogP contribution in [0.2, 0.25) is 0 Å². The molecule has 0 spiro atoms. The van der Waals surface area contributed by atoms with Crippen molar-refractivity contribution in [3.05, 3.63) is 42.0 Å². The summed E-state index contributed by atoms with van der Waals surface area (Å²) in [6, 6.07) is 6.06. The molecule has 7 nitrogen and oxygen atoms in total. The summed E-state index contributed by atoms with van der Waals surface area (Å²) >= 11 is 0. The molecule has 0 atom stereocenters. The zero-order chi connectivity index (χ0) is 22.5. The van der Waals surface area contributed by atoms with Crippen molar-refractivity contribution >= 4 is 16.7 Å². The van der Waals surface area contributed by atoms with Gasteiger partial charge >= 0.3 is 0 Å². The third-order valence-electron chi connectivity index (χ3n) is 6.46. The number of rotatable bonds is 9. The fraction of sp³-hybridized carbons (Fsp3) is 0.520. The summed E-state index contributed by atoms with van der Waals surface area (Å²) < 4.78 is 1.97. The van der Waals surface area contributed by atoms with Crippen LogP contribution in [0.25, 0.3) is 22.2 Å². The Morgan fingerprint density at radius 2 is 1.88 bits per heavy atom. The summed E-state index contributed by atoms with van der Waals surface area (Å²) in [4.78, 5) is 26.6. The number of hydrogen-bond acceptors (Lipinski definition) is 6. The number of aryl methyl sites for hydroxylation is 1. The number of aromatic nitrogens is 4. The highest BCUT2D eigenvalue weighted by Crippen LogP contribution is 2.26. The Kier molecular flexibility index (Phi) is 7.27. The first-order valence-electron chi connectivity index (χ1n) is 11.8. The van der Waals surface area contributed by atoms with Crippen LogP contribution in [0.1, 0.15) is 44.5 Å². The van der Waals surface area contributed by atoms with Gasteiger partial charge in [-0.2, -0.15) is 5.10 Å². The molecule has 0 radical (unpaired) electrons. The number of likely N-dealkylation sites (N-methyl/N-ethyl adjacent to an activating group) is 1. The monoisotopic (exact) mass is 434 g/mol. The lowest BCUT2D eigenvalue weighted by Gasteiger charge is -2.26. The molecule has 1 aliphatic rings. The van der Waals surface area contributed by atoms with E-state index in [1.807, 2.05) is 36.3 Å². The number of fused-ring (bicyclic) bond motifs is 1. The van der Waals surface area contributed by atoms with Crippen molar-refractivity contribution in [2.45, 2.75) is 46.1 Å². The molecule has 7 heteroatoms. The van der Waals surface area contributed by atoms with Crippen LogP contribution >= 0.6 is 0 Å². The molecule has 32 heavy (non-hydrogen) atoms. The van der Waals surface area contributed by atoms with Crippen LogP contribution < -0.4 is 0 Å². The van der Waals surface area contributed by atoms with E-state index in [0.29, 0.717) is 13.0 Å². The van der Waals surface area contributed by atoms with Crippen molar-refractivity contribution < 1.29 is 4.79 Å². The first-order chi connectivity index (χ1) is 15.6. The summed E-state index contributed by atoms with van der Waals surface area (Å²) in [6.45, 7) is 9.57. The van der Waals surface area contributed by atoms with Gasteiger partial charge in [-0.3, -0.25) is 24.3 Å². The molecule has 0 unspecified atom stereocenters. The molecular formula is C25H34N6O. The van der Waals surface area contributed by atoms with E-state index in [1.165, 1.54) is 25.0 Å². The molecule has 1 fully saturated rings. The Morgan fingerprint density at radius 3 is 2.62 bits per heavy atom. The second-order valence-corrected chi connectivity index (χ2v) is 8.71. The molecule has 0 saturated carbocycles. The SMILES string of the molecule is CCN(CC)CC(=O)Cc1cc2nc(-c3cnn(C)c3CN3CCCCC3)ccc2cn1. The van der Waals surface area contributed by atoms with Crippen LogP contribution in [0, 0.1) is 0 Å². The summed E-state index contributed by atoms with van der Waals surface area (Å²) in [5, 5.41) is 5.51. The van der Waals surface area contributed by atoms with E-state index in [4.69, 9.17) is 4.98 Å². The summed E-state index contributed by atoms with van der Waals surface area (Å²) in [6.07, 6.45) is 7.95. The van der Waals surface area contributed by atoms with Crippen LogP contribution in [0.4, 0.5) is 0 Å². The highest BCUT2D eigenvalue weighted by Gasteiger charge is 2.18. The Labute approximate surface area is 190 Å². The molecular weight excluding hydrogens is 400 g/mol. The van der Waals surface area contributed by atoms with Crippen LogP contribution in [-0.2, 0) is 24.8 Å². The van der Waals surface area contributed by atoms with Gasteiger partial charge in [0.2, 0.25) is 0 Å². The van der Waals surface area contributed by atoms with Gasteiger partial charge in [0.05, 0.1) is 36.1 Å². The summed E-state index contributed by atoms with van der Waals surface area (Å²) in [7, 11) is 2.01. The van der Waals surface area contributed by atoms with Crippen molar-refractivity contribution in [3.8, 4) is 11.3 Å². The molecule has 0 aromatic carbocycles. The minimum absolute atomic E-state index is 0.188. The maximum atomic E-state index is 12.5. The molecule has 0 aliphatic carbocycles. The molecule has 0 N–H and O–H groups in total. The molecule has 0 bridgehead atoms. The fourth-order valence-corrected chi connectivity index (χ4v) is 4.45. The topological polar surface area (TPSA) is 67.2 Å². The van der Waals surface area contributed by atoms with Crippen molar-refractivity contribution in [1.82, 2.24) is 29.5 Å². The fourth-order valence-electron chi connectivity index (χ4n) is 4.45. The predicted octanol–water partition coefficient (Wildman–Crippen LogP) is 3.47. The van der Waals surface area contributed by atoms with Gasteiger partial charge in [0.25, 0.3) is 0 Å². The smallest absolute Gasteiger partial charge is 0.152 e. The third-order valence-corrected chi connectivity index (χ3v) is 6.46. The van der Waals surface area contributed by atoms with Crippen molar-refractivity contribution in [2.24, 2.45) is 7.05 Å². The van der Waals surface area contributed by atoms with Crippen LogP contribution in [0.5, 0.6) is 0 Å². The van der Waals surface area contributed by atoms with E-state index >= 15 is 0 Å². The lowest BCUT2D eigenvalue weighted by atomic mass is 10.1. The number of piperidine rings is 1. The first-order valence-corrected chi connectivity index (χ1v) is 11.8. The molecule has 4 heterocycles. The molecule has 3 aromatic rings. The van der Waals surface area contributed by atoms with Crippen LogP contribution in [-0.4, -0.2) is 68.1 Å². The summed E-state index contributed by atoms with van der Waals surface area (Å²) in [5.74, 6) is 0.188. The third kappa shape index (κ3) is 5.22. The average Bonchev–Trinajstić information content (AvgIpc) is 3.17. The van der Waals surface area contributed by atoms with Gasteiger partial charge < -0.3 is 0 Å². The molecule has 4 rings (SSSR count). The lowest BCUT2D eigenvalue weighted by Crippen LogP contribution is -2.30. The number of likely N-dealkylation sites (tertiary alicyclic amines) is 1. The van der Waals surface area contributed by atoms with E-state index in [-0.39, 0.29) is 5.78 Å². The van der Waals surface area contributed by atoms with Crippen molar-refractivity contribution in [3.63, 3.8) is 0 Å². The first kappa shape index (κ1) is 22.6. The number of hydrogen-bond donors (Lipinski definition) is 0. The quantitative estimate of drug-likeness (QED) is 0.514. The number of Topliss-reactive ketones (excluding diaryl/α,β-unsaturated/α-hetero) is 1. The van der Waals surface area contributed by atoms with E-state index in [2.05, 4.69) is 39.8 Å². The number of ketones is 1. The van der Waals surface area contributed by atoms with Gasteiger partial charge in [0.15, 0.2) is 5.78 Å². The van der Waals surface area contributed by atoms with E-state index in [9.17, 15) is 4.79 Å². The number of nitrogens with zero attached hydrogens (tertiary/aromatic N) is 6. The van der Waals surface area contributed by atoms with E-state index in [1.54, 1.807) is 0 Å². The number of carbonyl (C=O) groups excluding carboxylic acids is 1. The maximum Gasteiger partial charge on any atom is 0.152 e. The molecule has 1 saturated heterocycles. The maximum absolute atomic E-state index is 12.5. The van der Waals surface area contributed by atoms with Gasteiger partial charge in [0, 0.05) is 36.4 Å². The zero-order valence-electron chi connectivity index (χ0n) is 19.5. The predicted molar refractivity (Wildman–Crippen MR) is 127 cm³/mol. The van der Waals surface area contributed by atoms with Gasteiger partial charge in [-0.05, 0) is 57.2 Å². The number of pyridine rings is 2. The van der Waals surface area contributed by atoms with Gasteiger partial charge in [-0.1, -0.05) is 20.3 Å². The lowest BCUT2D eigenvalue weighted by molar-refractivity contribution is -0.119. The van der Waals surface area contributed by atoms with Crippen molar-refractivity contribution in [2.75, 3.05) is 32.7 Å². The largest absolute Gasteiger partial charge is 0.298 e. The molecule has 3 aromatic heterocycles. The zero-order valence-corrected chi connectivity index (χ0v) is 19.5. The Balaban J connectivity index is 1.56. The Hall–Kier alpha value is -2.64. The molecule has 170 valence electrons. The standard InChI is InChI=1S/C25H34N6O/c1-4-30(5-2)17-21(32)13-20-14-24-19(15-26-20)9-10-23(28-24)22-16-27-29(3)25(22)18-31-11-7-6-8-12-31/h9-10,14-16H,4-8,11-13,17-18H2,1-3H3. The summed E-state index contributed by atoms with van der Waals surface area (Å²) in [5.41, 5.74) is 4.84. The Bertz CT molecular complexity index is 1070. The minimum Gasteiger partial charge on any atom is -0.298 e. The van der Waals surface area contributed by atoms with Gasteiger partial charge in [0.1, 0.15) is 0 Å². The van der Waals surface area contributed by atoms with Gasteiger partial charge in [-0.15, -0.1) is 0 Å².